The van der Waals surface area contributed by atoms with Gasteiger partial charge in [-0.15, -0.1) is 0 Å². The van der Waals surface area contributed by atoms with Crippen molar-refractivity contribution in [2.24, 2.45) is 5.92 Å². The van der Waals surface area contributed by atoms with E-state index < -0.39 is 0 Å². The lowest BCUT2D eigenvalue weighted by molar-refractivity contribution is 0.0971. The number of aliphatic hydroxyl groups is 1. The smallest absolute Gasteiger partial charge is 0.127 e. The van der Waals surface area contributed by atoms with E-state index >= 15 is 0 Å². The molecule has 1 saturated heterocycles. The van der Waals surface area contributed by atoms with E-state index in [1.54, 1.807) is 0 Å². The molecule has 1 aromatic heterocycles. The number of piperidine rings is 1. The zero-order valence-electron chi connectivity index (χ0n) is 9.85. The summed E-state index contributed by atoms with van der Waals surface area (Å²) in [5.74, 6) is 1.22. The first-order valence-corrected chi connectivity index (χ1v) is 5.77. The Morgan fingerprint density at radius 1 is 1.56 bits per heavy atom. The van der Waals surface area contributed by atoms with Gasteiger partial charge in [0.05, 0.1) is 6.10 Å². The molecule has 0 amide bonds. The first-order valence-electron chi connectivity index (χ1n) is 5.77. The fourth-order valence-electron chi connectivity index (χ4n) is 2.12. The Labute approximate surface area is 96.3 Å². The quantitative estimate of drug-likeness (QED) is 0.791. The highest BCUT2D eigenvalue weighted by Crippen LogP contribution is 2.24. The molecule has 2 N–H and O–H groups in total. The van der Waals surface area contributed by atoms with Gasteiger partial charge in [0.1, 0.15) is 5.82 Å². The molecule has 0 radical (unpaired) electrons. The largest absolute Gasteiger partial charge is 0.393 e. The maximum atomic E-state index is 9.69. The number of aliphatic hydroxyl groups excluding tert-OH is 1. The van der Waals surface area contributed by atoms with Crippen LogP contribution < -0.4 is 10.2 Å². The Bertz CT molecular complexity index is 356. The fourth-order valence-corrected chi connectivity index (χ4v) is 2.12. The summed E-state index contributed by atoms with van der Waals surface area (Å²) < 4.78 is 0. The van der Waals surface area contributed by atoms with Crippen molar-refractivity contribution in [3.8, 4) is 0 Å². The molecule has 2 unspecified atom stereocenters. The molecule has 2 atom stereocenters. The maximum absolute atomic E-state index is 9.69. The molecule has 4 heteroatoms. The Balaban J connectivity index is 2.12. The number of nitrogens with one attached hydrogen (secondary N) is 1. The van der Waals surface area contributed by atoms with Gasteiger partial charge in [-0.1, -0.05) is 6.92 Å². The molecule has 1 aliphatic rings. The molecule has 0 saturated carbocycles. The van der Waals surface area contributed by atoms with E-state index in [2.05, 4.69) is 22.1 Å². The van der Waals surface area contributed by atoms with Crippen LogP contribution in [0, 0.1) is 5.92 Å². The summed E-state index contributed by atoms with van der Waals surface area (Å²) in [7, 11) is 1.87. The van der Waals surface area contributed by atoms with Gasteiger partial charge in [-0.25, -0.2) is 4.98 Å². The van der Waals surface area contributed by atoms with E-state index in [0.29, 0.717) is 5.92 Å². The van der Waals surface area contributed by atoms with Gasteiger partial charge >= 0.3 is 0 Å². The highest BCUT2D eigenvalue weighted by Gasteiger charge is 2.24. The third-order valence-electron chi connectivity index (χ3n) is 3.22. The van der Waals surface area contributed by atoms with Crippen molar-refractivity contribution in [3.05, 3.63) is 18.3 Å². The average molecular weight is 221 g/mol. The van der Waals surface area contributed by atoms with Crippen LogP contribution in [0.15, 0.2) is 18.3 Å². The van der Waals surface area contributed by atoms with Crippen LogP contribution in [-0.2, 0) is 0 Å². The Morgan fingerprint density at radius 2 is 2.38 bits per heavy atom. The third-order valence-corrected chi connectivity index (χ3v) is 3.22. The lowest BCUT2D eigenvalue weighted by Gasteiger charge is -2.36. The third kappa shape index (κ3) is 2.27. The summed E-state index contributed by atoms with van der Waals surface area (Å²) >= 11 is 0. The molecule has 0 bridgehead atoms. The van der Waals surface area contributed by atoms with Gasteiger partial charge in [-0.3, -0.25) is 0 Å². The minimum Gasteiger partial charge on any atom is -0.393 e. The summed E-state index contributed by atoms with van der Waals surface area (Å²) in [6, 6.07) is 4.07. The molecule has 0 spiro atoms. The normalized spacial score (nSPS) is 25.6. The van der Waals surface area contributed by atoms with Crippen LogP contribution in [-0.4, -0.2) is 36.3 Å². The van der Waals surface area contributed by atoms with Crippen molar-refractivity contribution in [3.63, 3.8) is 0 Å². The monoisotopic (exact) mass is 221 g/mol. The Hall–Kier alpha value is -1.29. The second-order valence-electron chi connectivity index (χ2n) is 4.43. The van der Waals surface area contributed by atoms with Crippen molar-refractivity contribution in [1.82, 2.24) is 4.98 Å². The van der Waals surface area contributed by atoms with Crippen LogP contribution in [0.3, 0.4) is 0 Å². The van der Waals surface area contributed by atoms with Gasteiger partial charge in [0.25, 0.3) is 0 Å². The van der Waals surface area contributed by atoms with Gasteiger partial charge in [-0.2, -0.15) is 0 Å². The van der Waals surface area contributed by atoms with Crippen molar-refractivity contribution in [2.45, 2.75) is 19.4 Å². The summed E-state index contributed by atoms with van der Waals surface area (Å²) in [6.45, 7) is 3.92. The van der Waals surface area contributed by atoms with Gasteiger partial charge in [0, 0.05) is 38.1 Å². The first-order chi connectivity index (χ1) is 7.70. The molecular formula is C12H19N3O. The Kier molecular flexibility index (Phi) is 3.29. The second-order valence-corrected chi connectivity index (χ2v) is 4.43. The van der Waals surface area contributed by atoms with Crippen LogP contribution in [0.2, 0.25) is 0 Å². The first kappa shape index (κ1) is 11.2. The standard InChI is InChI=1S/C12H19N3O/c1-9-8-15(6-4-11(9)16)10-3-5-14-12(7-10)13-2/h3,5,7,9,11,16H,4,6,8H2,1-2H3,(H,13,14). The molecule has 88 valence electrons. The maximum Gasteiger partial charge on any atom is 0.127 e. The number of rotatable bonds is 2. The molecule has 2 heterocycles. The van der Waals surface area contributed by atoms with Crippen LogP contribution in [0.1, 0.15) is 13.3 Å². The molecule has 0 aliphatic carbocycles. The topological polar surface area (TPSA) is 48.4 Å². The van der Waals surface area contributed by atoms with Gasteiger partial charge in [-0.05, 0) is 18.4 Å². The van der Waals surface area contributed by atoms with Gasteiger partial charge < -0.3 is 15.3 Å². The molecule has 4 nitrogen and oxygen atoms in total. The molecule has 1 aliphatic heterocycles. The van der Waals surface area contributed by atoms with E-state index in [-0.39, 0.29) is 6.10 Å². The van der Waals surface area contributed by atoms with Crippen molar-refractivity contribution in [1.29, 1.82) is 0 Å². The highest BCUT2D eigenvalue weighted by atomic mass is 16.3. The molecule has 2 rings (SSSR count). The van der Waals surface area contributed by atoms with E-state index in [1.807, 2.05) is 25.4 Å². The number of nitrogens with zero attached hydrogens (tertiary/aromatic N) is 2. The zero-order chi connectivity index (χ0) is 11.5. The number of hydrogen-bond acceptors (Lipinski definition) is 4. The number of hydrogen-bond donors (Lipinski definition) is 2. The summed E-state index contributed by atoms with van der Waals surface area (Å²) in [5, 5.41) is 12.7. The minimum atomic E-state index is -0.151. The average Bonchev–Trinajstić information content (AvgIpc) is 2.33. The van der Waals surface area contributed by atoms with Crippen molar-refractivity contribution >= 4 is 11.5 Å². The lowest BCUT2D eigenvalue weighted by Crippen LogP contribution is -2.41. The predicted molar refractivity (Wildman–Crippen MR) is 65.8 cm³/mol. The number of anilines is 2. The van der Waals surface area contributed by atoms with E-state index in [4.69, 9.17) is 0 Å². The summed E-state index contributed by atoms with van der Waals surface area (Å²) in [6.07, 6.45) is 2.51. The van der Waals surface area contributed by atoms with Crippen molar-refractivity contribution < 1.29 is 5.11 Å². The lowest BCUT2D eigenvalue weighted by atomic mass is 9.96. The molecule has 16 heavy (non-hydrogen) atoms. The highest BCUT2D eigenvalue weighted by molar-refractivity contribution is 5.53. The minimum absolute atomic E-state index is 0.151. The van der Waals surface area contributed by atoms with Crippen LogP contribution in [0.25, 0.3) is 0 Å². The van der Waals surface area contributed by atoms with E-state index in [1.165, 1.54) is 5.69 Å². The van der Waals surface area contributed by atoms with E-state index in [9.17, 15) is 5.11 Å². The van der Waals surface area contributed by atoms with Gasteiger partial charge in [0.2, 0.25) is 0 Å². The van der Waals surface area contributed by atoms with Crippen molar-refractivity contribution in [2.75, 3.05) is 30.4 Å². The molecule has 1 aromatic rings. The SMILES string of the molecule is CNc1cc(N2CCC(O)C(C)C2)ccn1. The summed E-state index contributed by atoms with van der Waals surface area (Å²) in [4.78, 5) is 6.50. The van der Waals surface area contributed by atoms with Crippen LogP contribution in [0.5, 0.6) is 0 Å². The van der Waals surface area contributed by atoms with E-state index in [0.717, 1.165) is 25.3 Å². The number of pyridine rings is 1. The zero-order valence-corrected chi connectivity index (χ0v) is 9.85. The molecular weight excluding hydrogens is 202 g/mol. The molecule has 1 fully saturated rings. The van der Waals surface area contributed by atoms with Gasteiger partial charge in [0.15, 0.2) is 0 Å². The summed E-state index contributed by atoms with van der Waals surface area (Å²) in [5.41, 5.74) is 1.18. The molecule has 0 aromatic carbocycles. The van der Waals surface area contributed by atoms with Crippen LogP contribution in [0.4, 0.5) is 11.5 Å². The van der Waals surface area contributed by atoms with Crippen LogP contribution >= 0.6 is 0 Å². The predicted octanol–water partition coefficient (Wildman–Crippen LogP) is 1.33. The number of aromatic nitrogens is 1. The Morgan fingerprint density at radius 3 is 3.06 bits per heavy atom. The second kappa shape index (κ2) is 4.70. The fraction of sp³-hybridized carbons (Fsp3) is 0.583.